The fraction of sp³-hybridized carbons (Fsp3) is 0.425. The number of carbonyl (C=O) groups excluding carboxylic acids is 1. The van der Waals surface area contributed by atoms with Crippen molar-refractivity contribution in [3.8, 4) is 22.6 Å². The van der Waals surface area contributed by atoms with E-state index in [2.05, 4.69) is 44.0 Å². The molecule has 1 heterocycles. The second-order valence-corrected chi connectivity index (χ2v) is 16.5. The van der Waals surface area contributed by atoms with E-state index < -0.39 is 28.5 Å². The summed E-state index contributed by atoms with van der Waals surface area (Å²) in [6, 6.07) is 19.0. The number of carbonyl (C=O) groups is 1. The first-order chi connectivity index (χ1) is 22.7. The molecule has 1 N–H and O–H groups in total. The van der Waals surface area contributed by atoms with Crippen molar-refractivity contribution in [1.82, 2.24) is 9.97 Å². The Bertz CT molecular complexity index is 1710. The van der Waals surface area contributed by atoms with Crippen molar-refractivity contribution in [2.24, 2.45) is 11.8 Å². The number of allylic oxidation sites excluding steroid dienone is 2. The molecule has 4 aromatic rings. The molecule has 0 aliphatic rings. The Morgan fingerprint density at radius 2 is 1.51 bits per heavy atom. The summed E-state index contributed by atoms with van der Waals surface area (Å²) in [5.74, 6) is 0.958. The summed E-state index contributed by atoms with van der Waals surface area (Å²) in [5.41, 5.74) is 5.53. The Hall–Kier alpha value is -2.61. The molecule has 0 unspecified atom stereocenters. The monoisotopic (exact) mass is 951 g/mol. The summed E-state index contributed by atoms with van der Waals surface area (Å²) in [5, 5.41) is 11.5. The van der Waals surface area contributed by atoms with Gasteiger partial charge in [-0.25, -0.2) is 0 Å². The number of aromatic nitrogens is 2. The fourth-order valence-electron chi connectivity index (χ4n) is 6.26. The molecule has 0 fully saturated rings. The number of aryl methyl sites for hydroxylation is 3. The molecule has 0 saturated carbocycles. The van der Waals surface area contributed by atoms with Crippen LogP contribution in [0, 0.1) is 38.7 Å². The third-order valence-electron chi connectivity index (χ3n) is 8.84. The second-order valence-electron chi connectivity index (χ2n) is 13.5. The van der Waals surface area contributed by atoms with Gasteiger partial charge in [0, 0.05) is 38.0 Å². The Morgan fingerprint density at radius 1 is 0.939 bits per heavy atom. The van der Waals surface area contributed by atoms with Crippen molar-refractivity contribution in [3.05, 3.63) is 89.3 Å². The van der Waals surface area contributed by atoms with E-state index in [4.69, 9.17) is 4.98 Å². The minimum absolute atomic E-state index is 0. The number of nitrogens with zero attached hydrogens (tertiary/aromatic N) is 3. The van der Waals surface area contributed by atoms with Crippen LogP contribution in [0.2, 0.25) is 0 Å². The zero-order valence-electron chi connectivity index (χ0n) is 30.6. The average Bonchev–Trinajstić information content (AvgIpc) is 3.01. The van der Waals surface area contributed by atoms with E-state index in [1.54, 1.807) is 6.20 Å². The van der Waals surface area contributed by atoms with Crippen LogP contribution in [0.15, 0.2) is 66.6 Å². The number of aliphatic hydroxyl groups is 1. The van der Waals surface area contributed by atoms with Gasteiger partial charge in [0.15, 0.2) is 5.78 Å². The third kappa shape index (κ3) is 10.9. The molecule has 0 saturated heterocycles. The Kier molecular flexibility index (Phi) is 16.6. The van der Waals surface area contributed by atoms with Gasteiger partial charge in [0.25, 0.3) is 0 Å². The number of anilines is 1. The molecule has 49 heavy (non-hydrogen) atoms. The van der Waals surface area contributed by atoms with Gasteiger partial charge in [-0.2, -0.15) is 0 Å². The molecule has 0 aliphatic carbocycles. The maximum Gasteiger partial charge on any atom is 0 e. The predicted octanol–water partition coefficient (Wildman–Crippen LogP) is 11.1. The van der Waals surface area contributed by atoms with Gasteiger partial charge in [-0.3, -0.25) is 4.79 Å². The Balaban J connectivity index is 0.000000444. The summed E-state index contributed by atoms with van der Waals surface area (Å²) in [6.45, 7) is 19.8. The van der Waals surface area contributed by atoms with Crippen LogP contribution < -0.4 is 2.89 Å². The van der Waals surface area contributed by atoms with Gasteiger partial charge < -0.3 is 5.11 Å². The fourth-order valence-corrected chi connectivity index (χ4v) is 9.11. The first-order valence-electron chi connectivity index (χ1n) is 17.0. The van der Waals surface area contributed by atoms with Crippen LogP contribution in [0.3, 0.4) is 0 Å². The minimum atomic E-state index is -4.98. The summed E-state index contributed by atoms with van der Waals surface area (Å²) >= 11 is -4.98. The smallest absolute Gasteiger partial charge is 0 e. The first-order valence-corrected chi connectivity index (χ1v) is 21.0. The largest absolute Gasteiger partial charge is 0 e. The van der Waals surface area contributed by atoms with Gasteiger partial charge in [-0.1, -0.05) is 27.7 Å². The molecule has 0 atom stereocenters. The molecule has 1 aromatic heterocycles. The van der Waals surface area contributed by atoms with Gasteiger partial charge in [-0.15, -0.1) is 0 Å². The number of hydrogen-bond donors (Lipinski definition) is 1. The van der Waals surface area contributed by atoms with Gasteiger partial charge in [-0.05, 0) is 25.7 Å². The van der Waals surface area contributed by atoms with E-state index in [0.29, 0.717) is 17.1 Å². The number of halogens is 2. The van der Waals surface area contributed by atoms with Crippen LogP contribution in [-0.2, 0) is 24.9 Å². The third-order valence-corrected chi connectivity index (χ3v) is 13.0. The predicted molar refractivity (Wildman–Crippen MR) is 198 cm³/mol. The van der Waals surface area contributed by atoms with Crippen LogP contribution in [0.1, 0.15) is 90.8 Å². The van der Waals surface area contributed by atoms with Crippen LogP contribution >= 0.6 is 0 Å². The molecule has 3 aromatic carbocycles. The maximum atomic E-state index is 14.5. The zero-order chi connectivity index (χ0) is 35.8. The Morgan fingerprint density at radius 3 is 2.04 bits per heavy atom. The second kappa shape index (κ2) is 19.1. The van der Waals surface area contributed by atoms with Crippen LogP contribution in [0.5, 0.6) is 0 Å². The van der Waals surface area contributed by atoms with Crippen molar-refractivity contribution < 1.29 is 35.3 Å². The summed E-state index contributed by atoms with van der Waals surface area (Å²) in [7, 11) is 0. The molecular formula is C40H51F2InIrN3O2-. The maximum absolute atomic E-state index is 14.5. The Labute approximate surface area is 315 Å². The van der Waals surface area contributed by atoms with Gasteiger partial charge in [0.05, 0.1) is 5.76 Å². The molecule has 0 aliphatic heterocycles. The zero-order valence-corrected chi connectivity index (χ0v) is 36.3. The van der Waals surface area contributed by atoms with E-state index in [-0.39, 0.29) is 43.5 Å². The quantitative estimate of drug-likeness (QED) is 0.0922. The molecule has 5 nitrogen and oxygen atoms in total. The molecule has 1 radical (unpaired) electrons. The van der Waals surface area contributed by atoms with E-state index in [1.807, 2.05) is 84.9 Å². The summed E-state index contributed by atoms with van der Waals surface area (Å²) in [4.78, 5) is 21.1. The molecule has 0 spiro atoms. The van der Waals surface area contributed by atoms with Gasteiger partial charge >= 0.3 is 205 Å². The van der Waals surface area contributed by atoms with E-state index in [0.717, 1.165) is 58.8 Å². The number of aliphatic hydroxyl groups excluding tert-OH is 1. The summed E-state index contributed by atoms with van der Waals surface area (Å²) < 4.78 is 30.4. The molecule has 0 bridgehead atoms. The van der Waals surface area contributed by atoms with E-state index >= 15 is 0 Å². The molecular weight excluding hydrogens is 899 g/mol. The number of ketones is 1. The van der Waals surface area contributed by atoms with Gasteiger partial charge in [0.2, 0.25) is 0 Å². The van der Waals surface area contributed by atoms with Crippen molar-refractivity contribution >= 4 is 45.2 Å². The molecule has 9 heteroatoms. The van der Waals surface area contributed by atoms with E-state index in [9.17, 15) is 15.2 Å². The van der Waals surface area contributed by atoms with Crippen LogP contribution in [0.4, 0.5) is 11.0 Å². The number of benzene rings is 3. The average molecular weight is 951 g/mol. The van der Waals surface area contributed by atoms with Crippen LogP contribution in [-0.4, -0.2) is 49.3 Å². The van der Waals surface area contributed by atoms with Crippen molar-refractivity contribution in [2.45, 2.75) is 100 Å². The summed E-state index contributed by atoms with van der Waals surface area (Å²) in [6.07, 6.45) is 6.61. The number of fused-ring (bicyclic) bond motifs is 1. The van der Waals surface area contributed by atoms with Crippen molar-refractivity contribution in [2.75, 3.05) is 2.89 Å². The minimum Gasteiger partial charge on any atom is 0 e. The van der Waals surface area contributed by atoms with Crippen molar-refractivity contribution in [3.63, 3.8) is 0 Å². The van der Waals surface area contributed by atoms with Crippen molar-refractivity contribution in [1.29, 1.82) is 0 Å². The molecule has 0 amide bonds. The number of rotatable bonds is 11. The first kappa shape index (κ1) is 42.6. The SMILES string of the molecule is CCC(CC)C(=O)/C=C(\O)C(CC)CC.Cc1cc(C)c(-c2ccnc(-c3[c-]c4ccccc4cc3[N]([In]([F])[F])C(C)(C)C)n2)c(C)c1.[Ir]. The number of hydrogen-bond acceptors (Lipinski definition) is 5. The molecule has 265 valence electrons. The van der Waals surface area contributed by atoms with E-state index in [1.165, 1.54) is 14.5 Å². The normalized spacial score (nSPS) is 11.7. The standard InChI is InChI=1S/C27H27N3.C13H24O2.2FH.In.Ir/c1-17-13-18(2)25(19(3)14-17)23-11-12-28-26(29-23)22-15-20-9-7-8-10-21(20)16-24(22)30-27(4,5)6;1-5-10(6-2)12(14)9-13(15)11(7-3)8-4;;;;/h7-14,16H,1-6H3;9-11,14H,5-8H2,1-4H3;2*1H;;/q-2;;;;+3;/p-2/b;12-9-;;;;. The molecule has 4 rings (SSSR count). The van der Waals surface area contributed by atoms with Crippen LogP contribution in [0.25, 0.3) is 33.4 Å². The topological polar surface area (TPSA) is 66.3 Å². The van der Waals surface area contributed by atoms with Gasteiger partial charge in [0.1, 0.15) is 0 Å².